The minimum absolute atomic E-state index is 0.101. The van der Waals surface area contributed by atoms with Crippen LogP contribution in [-0.2, 0) is 31.4 Å². The highest BCUT2D eigenvalue weighted by Gasteiger charge is 2.60. The molecule has 0 aromatic heterocycles. The predicted molar refractivity (Wildman–Crippen MR) is 209 cm³/mol. The van der Waals surface area contributed by atoms with Gasteiger partial charge in [-0.25, -0.2) is 0 Å². The second-order valence-electron chi connectivity index (χ2n) is 15.8. The van der Waals surface area contributed by atoms with E-state index in [1.807, 2.05) is 72.8 Å². The van der Waals surface area contributed by atoms with Crippen molar-refractivity contribution in [1.82, 2.24) is 0 Å². The molecule has 0 bridgehead atoms. The molecule has 4 aromatic carbocycles. The Morgan fingerprint density at radius 1 is 0.510 bits per heavy atom. The van der Waals surface area contributed by atoms with E-state index in [0.29, 0.717) is 13.2 Å². The second-order valence-corrected chi connectivity index (χ2v) is 21.9. The zero-order chi connectivity index (χ0) is 36.3. The fraction of sp³-hybridized carbons (Fsp3) is 0.400. The van der Waals surface area contributed by atoms with Crippen LogP contribution in [0.5, 0.6) is 0 Å². The highest BCUT2D eigenvalue weighted by atomic mass is 28.5. The van der Waals surface area contributed by atoms with Crippen LogP contribution >= 0.6 is 0 Å². The molecule has 0 radical (unpaired) electrons. The molecule has 2 heterocycles. The first-order valence-corrected chi connectivity index (χ1v) is 21.8. The Hall–Kier alpha value is -2.84. The molecule has 2 aliphatic heterocycles. The van der Waals surface area contributed by atoms with Gasteiger partial charge in [-0.3, -0.25) is 0 Å². The predicted octanol–water partition coefficient (Wildman–Crippen LogP) is 5.71. The van der Waals surface area contributed by atoms with E-state index >= 15 is 0 Å². The van der Waals surface area contributed by atoms with Gasteiger partial charge >= 0.3 is 31.8 Å². The number of hydrogen-bond acceptors (Lipinski definition) is 7. The zero-order valence-corrected chi connectivity index (χ0v) is 33.3. The quantitative estimate of drug-likeness (QED) is 0.174. The van der Waals surface area contributed by atoms with Gasteiger partial charge in [0.2, 0.25) is 0 Å². The summed E-state index contributed by atoms with van der Waals surface area (Å²) in [5, 5.41) is 3.59. The van der Waals surface area contributed by atoms with Crippen molar-refractivity contribution in [3.8, 4) is 0 Å². The van der Waals surface area contributed by atoms with Crippen LogP contribution in [0.3, 0.4) is 0 Å². The standard InChI is InChI=1S/C40H52B2O7Si2/c1-31(2)37-39(5,6)29-43-41(45-37)47-50(33-21-13-9-14-22-33,34-23-15-10-16-24-34)49-51(35-25-17-11-18-26-35,36-27-19-12-20-28-36)48-42-44-30-40(7,8)38(46-42)32(3)4/h9-28,31-32,37-38H,29-30H2,1-8H3. The molecule has 11 heteroatoms. The van der Waals surface area contributed by atoms with Crippen molar-refractivity contribution in [3.05, 3.63) is 121 Å². The SMILES string of the molecule is CC(C)C1OB(O[Si](O[Si](OB2OCC(C)(C)C(C(C)C)O2)(c2ccccc2)c2ccccc2)(c2ccccc2)c2ccccc2)OCC1(C)C. The van der Waals surface area contributed by atoms with E-state index in [1.54, 1.807) is 0 Å². The van der Waals surface area contributed by atoms with Crippen LogP contribution in [0.2, 0.25) is 0 Å². The fourth-order valence-corrected chi connectivity index (χ4v) is 16.1. The molecule has 2 saturated heterocycles. The van der Waals surface area contributed by atoms with Gasteiger partial charge in [0.05, 0.1) is 12.2 Å². The molecule has 2 fully saturated rings. The normalized spacial score (nSPS) is 20.9. The van der Waals surface area contributed by atoms with Gasteiger partial charge in [0.25, 0.3) is 0 Å². The summed E-state index contributed by atoms with van der Waals surface area (Å²) in [4.78, 5) is 0. The van der Waals surface area contributed by atoms with E-state index in [-0.39, 0.29) is 34.9 Å². The number of benzene rings is 4. The van der Waals surface area contributed by atoms with Crippen LogP contribution < -0.4 is 20.7 Å². The van der Waals surface area contributed by atoms with E-state index in [0.717, 1.165) is 20.7 Å². The summed E-state index contributed by atoms with van der Waals surface area (Å²) in [6.45, 7) is 18.4. The topological polar surface area (TPSA) is 64.6 Å². The molecule has 4 aromatic rings. The molecule has 2 atom stereocenters. The van der Waals surface area contributed by atoms with E-state index in [4.69, 9.17) is 31.4 Å². The Morgan fingerprint density at radius 2 is 0.784 bits per heavy atom. The van der Waals surface area contributed by atoms with Gasteiger partial charge < -0.3 is 31.4 Å². The molecule has 0 aliphatic carbocycles. The van der Waals surface area contributed by atoms with Crippen LogP contribution in [0.15, 0.2) is 121 Å². The van der Waals surface area contributed by atoms with Gasteiger partial charge in [-0.05, 0) is 32.6 Å². The van der Waals surface area contributed by atoms with Crippen molar-refractivity contribution in [2.75, 3.05) is 13.2 Å². The van der Waals surface area contributed by atoms with Crippen LogP contribution in [0.1, 0.15) is 55.4 Å². The summed E-state index contributed by atoms with van der Waals surface area (Å²) < 4.78 is 49.1. The Balaban J connectivity index is 1.57. The summed E-state index contributed by atoms with van der Waals surface area (Å²) in [5.41, 5.74) is -0.407. The van der Waals surface area contributed by atoms with Crippen molar-refractivity contribution in [2.24, 2.45) is 22.7 Å². The van der Waals surface area contributed by atoms with Crippen molar-refractivity contribution in [1.29, 1.82) is 0 Å². The molecule has 51 heavy (non-hydrogen) atoms. The summed E-state index contributed by atoms with van der Waals surface area (Å²) in [6, 6.07) is 40.8. The molecule has 0 saturated carbocycles. The minimum atomic E-state index is -3.82. The lowest BCUT2D eigenvalue weighted by Crippen LogP contribution is -2.78. The Bertz CT molecular complexity index is 1480. The van der Waals surface area contributed by atoms with Crippen molar-refractivity contribution in [3.63, 3.8) is 0 Å². The van der Waals surface area contributed by atoms with Gasteiger partial charge in [-0.15, -0.1) is 0 Å². The highest BCUT2D eigenvalue weighted by molar-refractivity contribution is 7.06. The van der Waals surface area contributed by atoms with Crippen LogP contribution in [-0.4, -0.2) is 57.2 Å². The average Bonchev–Trinajstić information content (AvgIpc) is 3.13. The van der Waals surface area contributed by atoms with E-state index in [2.05, 4.69) is 104 Å². The third-order valence-corrected chi connectivity index (χ3v) is 17.6. The molecule has 268 valence electrons. The fourth-order valence-electron chi connectivity index (χ4n) is 7.65. The molecule has 6 rings (SSSR count). The average molecular weight is 723 g/mol. The lowest BCUT2D eigenvalue weighted by atomic mass is 9.79. The number of rotatable bonds is 12. The summed E-state index contributed by atoms with van der Waals surface area (Å²) in [5.74, 6) is 0.481. The van der Waals surface area contributed by atoms with Crippen molar-refractivity contribution < 1.29 is 31.4 Å². The van der Waals surface area contributed by atoms with Gasteiger partial charge in [-0.2, -0.15) is 0 Å². The summed E-state index contributed by atoms with van der Waals surface area (Å²) in [6.07, 6.45) is -0.201. The Labute approximate surface area is 307 Å². The monoisotopic (exact) mass is 722 g/mol. The molecule has 7 nitrogen and oxygen atoms in total. The molecule has 0 amide bonds. The lowest BCUT2D eigenvalue weighted by molar-refractivity contribution is -0.0832. The van der Waals surface area contributed by atoms with Crippen molar-refractivity contribution >= 4 is 52.5 Å². The van der Waals surface area contributed by atoms with E-state index in [1.165, 1.54) is 0 Å². The zero-order valence-electron chi connectivity index (χ0n) is 31.3. The summed E-state index contributed by atoms with van der Waals surface area (Å²) in [7, 11) is -9.61. The largest absolute Gasteiger partial charge is 0.630 e. The maximum Gasteiger partial charge on any atom is 0.630 e. The van der Waals surface area contributed by atoms with Crippen LogP contribution in [0, 0.1) is 22.7 Å². The lowest BCUT2D eigenvalue weighted by Gasteiger charge is -2.47. The van der Waals surface area contributed by atoms with Gasteiger partial charge in [0.15, 0.2) is 0 Å². The highest BCUT2D eigenvalue weighted by Crippen LogP contribution is 2.37. The maximum absolute atomic E-state index is 7.98. The minimum Gasteiger partial charge on any atom is -0.402 e. The van der Waals surface area contributed by atoms with Gasteiger partial charge in [-0.1, -0.05) is 177 Å². The first kappa shape index (κ1) is 37.9. The van der Waals surface area contributed by atoms with Crippen molar-refractivity contribution in [2.45, 2.75) is 67.6 Å². The first-order valence-electron chi connectivity index (χ1n) is 18.2. The number of hydrogen-bond donors (Lipinski definition) is 0. The van der Waals surface area contributed by atoms with Crippen LogP contribution in [0.4, 0.5) is 0 Å². The van der Waals surface area contributed by atoms with Gasteiger partial charge in [0.1, 0.15) is 0 Å². The molecule has 0 spiro atoms. The molecule has 2 unspecified atom stereocenters. The third-order valence-electron chi connectivity index (χ3n) is 9.88. The Kier molecular flexibility index (Phi) is 11.6. The molecule has 2 aliphatic rings. The maximum atomic E-state index is 7.98. The van der Waals surface area contributed by atoms with Crippen LogP contribution in [0.25, 0.3) is 0 Å². The summed E-state index contributed by atoms with van der Waals surface area (Å²) >= 11 is 0. The smallest absolute Gasteiger partial charge is 0.402 e. The Morgan fingerprint density at radius 3 is 1.04 bits per heavy atom. The first-order chi connectivity index (χ1) is 24.4. The third kappa shape index (κ3) is 8.07. The second kappa shape index (κ2) is 15.6. The van der Waals surface area contributed by atoms with E-state index in [9.17, 15) is 0 Å². The van der Waals surface area contributed by atoms with E-state index < -0.39 is 31.8 Å². The molecular weight excluding hydrogens is 670 g/mol. The molecule has 0 N–H and O–H groups in total. The molecular formula is C40H52B2O7Si2. The van der Waals surface area contributed by atoms with Gasteiger partial charge in [0, 0.05) is 24.0 Å².